The molecule has 0 unspecified atom stereocenters. The van der Waals surface area contributed by atoms with Crippen LogP contribution in [-0.2, 0) is 14.3 Å². The van der Waals surface area contributed by atoms with Crippen LogP contribution in [0.15, 0.2) is 39.7 Å². The van der Waals surface area contributed by atoms with Crippen molar-refractivity contribution in [1.29, 1.82) is 0 Å². The fraction of sp³-hybridized carbons (Fsp3) is 0.308. The first-order chi connectivity index (χ1) is 18.2. The van der Waals surface area contributed by atoms with Crippen LogP contribution < -0.4 is 14.8 Å². The van der Waals surface area contributed by atoms with Crippen molar-refractivity contribution in [1.82, 2.24) is 4.90 Å². The molecule has 1 fully saturated rings. The van der Waals surface area contributed by atoms with Gasteiger partial charge in [0, 0.05) is 10.2 Å². The predicted octanol–water partition coefficient (Wildman–Crippen LogP) is 6.14. The summed E-state index contributed by atoms with van der Waals surface area (Å²) >= 11 is 10.3. The average molecular weight is 626 g/mol. The Kier molecular flexibility index (Phi) is 10.6. The lowest BCUT2D eigenvalue weighted by Crippen LogP contribution is -2.36. The van der Waals surface area contributed by atoms with Gasteiger partial charge >= 0.3 is 5.97 Å². The zero-order valence-electron chi connectivity index (χ0n) is 21.0. The summed E-state index contributed by atoms with van der Waals surface area (Å²) in [7, 11) is 1.50. The van der Waals surface area contributed by atoms with E-state index in [9.17, 15) is 19.2 Å². The number of ether oxygens (including phenoxy) is 3. The number of anilines is 1. The minimum atomic E-state index is -0.620. The zero-order chi connectivity index (χ0) is 27.8. The van der Waals surface area contributed by atoms with Crippen molar-refractivity contribution >= 4 is 74.1 Å². The molecule has 3 rings (SSSR count). The minimum absolute atomic E-state index is 0.103. The van der Waals surface area contributed by atoms with E-state index in [1.54, 1.807) is 18.2 Å². The number of rotatable bonds is 11. The second-order valence-corrected chi connectivity index (χ2v) is 10.2. The molecule has 0 spiro atoms. The molecule has 38 heavy (non-hydrogen) atoms. The molecule has 1 aliphatic rings. The molecule has 2 aromatic carbocycles. The van der Waals surface area contributed by atoms with Gasteiger partial charge in [-0.1, -0.05) is 40.9 Å². The fourth-order valence-corrected chi connectivity index (χ4v) is 4.82. The highest BCUT2D eigenvalue weighted by Crippen LogP contribution is 2.38. The van der Waals surface area contributed by atoms with Gasteiger partial charge in [-0.05, 0) is 67.1 Å². The van der Waals surface area contributed by atoms with E-state index in [0.29, 0.717) is 28.1 Å². The number of nitrogens with zero attached hydrogens (tertiary/aromatic N) is 1. The molecule has 3 amide bonds. The number of methoxy groups -OCH3 is 1. The van der Waals surface area contributed by atoms with Crippen molar-refractivity contribution in [3.63, 3.8) is 0 Å². The lowest BCUT2D eigenvalue weighted by Gasteiger charge is -2.13. The number of halogens is 2. The highest BCUT2D eigenvalue weighted by atomic mass is 79.9. The molecule has 0 aliphatic carbocycles. The molecule has 1 heterocycles. The summed E-state index contributed by atoms with van der Waals surface area (Å²) in [5.74, 6) is -0.830. The summed E-state index contributed by atoms with van der Waals surface area (Å²) in [5.41, 5.74) is 0.973. The van der Waals surface area contributed by atoms with Gasteiger partial charge in [0.15, 0.2) is 11.5 Å². The van der Waals surface area contributed by atoms with Crippen LogP contribution in [0.2, 0.25) is 5.02 Å². The topological polar surface area (TPSA) is 111 Å². The molecule has 0 atom stereocenters. The van der Waals surface area contributed by atoms with Gasteiger partial charge in [-0.15, -0.1) is 0 Å². The van der Waals surface area contributed by atoms with Crippen molar-refractivity contribution in [3.8, 4) is 11.5 Å². The number of carbonyl (C=O) groups is 4. The van der Waals surface area contributed by atoms with Gasteiger partial charge in [0.2, 0.25) is 5.91 Å². The van der Waals surface area contributed by atoms with E-state index >= 15 is 0 Å². The van der Waals surface area contributed by atoms with Crippen LogP contribution in [0.25, 0.3) is 6.08 Å². The lowest BCUT2D eigenvalue weighted by molar-refractivity contribution is -0.127. The van der Waals surface area contributed by atoms with Crippen LogP contribution in [0.4, 0.5) is 10.5 Å². The van der Waals surface area contributed by atoms with Crippen LogP contribution in [0, 0.1) is 0 Å². The number of unbranched alkanes of at least 4 members (excludes halogenated alkanes) is 1. The van der Waals surface area contributed by atoms with Gasteiger partial charge in [-0.3, -0.25) is 19.3 Å². The largest absolute Gasteiger partial charge is 0.493 e. The first-order valence-electron chi connectivity index (χ1n) is 11.7. The van der Waals surface area contributed by atoms with Crippen molar-refractivity contribution in [2.24, 2.45) is 0 Å². The maximum atomic E-state index is 12.9. The lowest BCUT2D eigenvalue weighted by atomic mass is 10.2. The SMILES string of the molecule is CCCCOC(=O)c1cc(NC(=O)CN2C(=O)S/C(=C\c3cc(OC)c(OCC)cc3Br)C2=O)ccc1Cl. The maximum Gasteiger partial charge on any atom is 0.339 e. The first kappa shape index (κ1) is 29.5. The molecule has 202 valence electrons. The van der Waals surface area contributed by atoms with Crippen molar-refractivity contribution in [2.45, 2.75) is 26.7 Å². The molecule has 2 aromatic rings. The van der Waals surface area contributed by atoms with Crippen molar-refractivity contribution in [3.05, 3.63) is 55.9 Å². The third-order valence-electron chi connectivity index (χ3n) is 5.25. The van der Waals surface area contributed by atoms with E-state index in [-0.39, 0.29) is 27.8 Å². The van der Waals surface area contributed by atoms with E-state index < -0.39 is 29.6 Å². The van der Waals surface area contributed by atoms with Crippen LogP contribution in [0.3, 0.4) is 0 Å². The second-order valence-electron chi connectivity index (χ2n) is 7.96. The van der Waals surface area contributed by atoms with Crippen LogP contribution in [0.5, 0.6) is 11.5 Å². The molecule has 0 saturated carbocycles. The molecule has 0 aromatic heterocycles. The van der Waals surface area contributed by atoms with Gasteiger partial charge < -0.3 is 19.5 Å². The quantitative estimate of drug-likeness (QED) is 0.180. The van der Waals surface area contributed by atoms with Crippen LogP contribution in [0.1, 0.15) is 42.6 Å². The highest BCUT2D eigenvalue weighted by molar-refractivity contribution is 9.10. The average Bonchev–Trinajstić information content (AvgIpc) is 3.14. The van der Waals surface area contributed by atoms with Gasteiger partial charge in [0.25, 0.3) is 11.1 Å². The number of benzene rings is 2. The molecule has 9 nitrogen and oxygen atoms in total. The normalized spacial score (nSPS) is 14.1. The Hall–Kier alpha value is -3.02. The Morgan fingerprint density at radius 2 is 1.92 bits per heavy atom. The molecule has 1 saturated heterocycles. The Bertz CT molecular complexity index is 1280. The summed E-state index contributed by atoms with van der Waals surface area (Å²) in [6.45, 7) is 4.02. The number of thioether (sulfide) groups is 1. The zero-order valence-corrected chi connectivity index (χ0v) is 24.1. The molecule has 0 bridgehead atoms. The number of carbonyl (C=O) groups excluding carboxylic acids is 4. The Labute approximate surface area is 237 Å². The number of nitrogens with one attached hydrogen (secondary N) is 1. The third-order valence-corrected chi connectivity index (χ3v) is 7.17. The maximum absolute atomic E-state index is 12.9. The Morgan fingerprint density at radius 1 is 1.16 bits per heavy atom. The summed E-state index contributed by atoms with van der Waals surface area (Å²) in [6.07, 6.45) is 3.13. The number of hydrogen-bond acceptors (Lipinski definition) is 8. The van der Waals surface area contributed by atoms with E-state index in [0.717, 1.165) is 29.5 Å². The van der Waals surface area contributed by atoms with Crippen molar-refractivity contribution < 1.29 is 33.4 Å². The molecule has 12 heteroatoms. The molecule has 0 radical (unpaired) electrons. The smallest absolute Gasteiger partial charge is 0.339 e. The fourth-order valence-electron chi connectivity index (χ4n) is 3.36. The summed E-state index contributed by atoms with van der Waals surface area (Å²) < 4.78 is 16.7. The molecule has 1 aliphatic heterocycles. The standard InChI is InChI=1S/C26H26BrClN2O7S/c1-4-6-9-37-25(33)17-12-16(7-8-19(17)28)29-23(31)14-30-24(32)22(38-26(30)34)11-15-10-20(35-3)21(36-5-2)13-18(15)27/h7-8,10-13H,4-6,9,14H2,1-3H3,(H,29,31)/b22-11-. The summed E-state index contributed by atoms with van der Waals surface area (Å²) in [6, 6.07) is 7.75. The van der Waals surface area contributed by atoms with Gasteiger partial charge in [-0.25, -0.2) is 4.79 Å². The molecular formula is C26H26BrClN2O7S. The minimum Gasteiger partial charge on any atom is -0.493 e. The summed E-state index contributed by atoms with van der Waals surface area (Å²) in [5, 5.41) is 2.19. The van der Waals surface area contributed by atoms with Crippen molar-refractivity contribution in [2.75, 3.05) is 32.2 Å². The van der Waals surface area contributed by atoms with Gasteiger partial charge in [-0.2, -0.15) is 0 Å². The second kappa shape index (κ2) is 13.7. The number of amides is 3. The molecule has 1 N–H and O–H groups in total. The predicted molar refractivity (Wildman–Crippen MR) is 150 cm³/mol. The Morgan fingerprint density at radius 3 is 2.61 bits per heavy atom. The number of esters is 1. The van der Waals surface area contributed by atoms with Gasteiger partial charge in [0.1, 0.15) is 6.54 Å². The third kappa shape index (κ3) is 7.30. The van der Waals surface area contributed by atoms with E-state index in [1.807, 2.05) is 13.8 Å². The van der Waals surface area contributed by atoms with E-state index in [4.69, 9.17) is 25.8 Å². The summed E-state index contributed by atoms with van der Waals surface area (Å²) in [4.78, 5) is 51.5. The highest BCUT2D eigenvalue weighted by Gasteiger charge is 2.36. The van der Waals surface area contributed by atoms with E-state index in [1.165, 1.54) is 25.3 Å². The van der Waals surface area contributed by atoms with Gasteiger partial charge in [0.05, 0.1) is 35.8 Å². The number of hydrogen-bond donors (Lipinski definition) is 1. The first-order valence-corrected chi connectivity index (χ1v) is 13.7. The molecular weight excluding hydrogens is 600 g/mol. The van der Waals surface area contributed by atoms with Crippen LogP contribution >= 0.6 is 39.3 Å². The number of imide groups is 1. The van der Waals surface area contributed by atoms with Crippen LogP contribution in [-0.4, -0.2) is 54.8 Å². The monoisotopic (exact) mass is 624 g/mol. The van der Waals surface area contributed by atoms with E-state index in [2.05, 4.69) is 21.2 Å². The Balaban J connectivity index is 1.71.